The third kappa shape index (κ3) is 4.48. The molecule has 2 aromatic carbocycles. The van der Waals surface area contributed by atoms with Gasteiger partial charge >= 0.3 is 0 Å². The number of benzene rings is 2. The fourth-order valence-corrected chi connectivity index (χ4v) is 2.20. The van der Waals surface area contributed by atoms with Gasteiger partial charge in [-0.3, -0.25) is 0 Å². The molecule has 1 saturated carbocycles. The van der Waals surface area contributed by atoms with Gasteiger partial charge < -0.3 is 0 Å². The average Bonchev–Trinajstić information content (AvgIpc) is 3.29. The summed E-state index contributed by atoms with van der Waals surface area (Å²) in [6.45, 7) is 3.63. The summed E-state index contributed by atoms with van der Waals surface area (Å²) in [7, 11) is 0. The van der Waals surface area contributed by atoms with Crippen LogP contribution < -0.4 is 0 Å². The molecule has 0 radical (unpaired) electrons. The van der Waals surface area contributed by atoms with Crippen LogP contribution >= 0.6 is 0 Å². The van der Waals surface area contributed by atoms with Gasteiger partial charge in [-0.25, -0.2) is 13.2 Å². The van der Waals surface area contributed by atoms with Crippen LogP contribution in [0.4, 0.5) is 13.2 Å². The van der Waals surface area contributed by atoms with Gasteiger partial charge in [-0.05, 0) is 35.6 Å². The molecule has 0 saturated heterocycles. The fraction of sp³-hybridized carbons (Fsp3) is 0.222. The summed E-state index contributed by atoms with van der Waals surface area (Å²) >= 11 is 0. The monoisotopic (exact) mass is 290 g/mol. The van der Waals surface area contributed by atoms with Crippen molar-refractivity contribution in [3.8, 4) is 0 Å². The van der Waals surface area contributed by atoms with Gasteiger partial charge in [0, 0.05) is 5.92 Å². The van der Waals surface area contributed by atoms with Crippen molar-refractivity contribution < 1.29 is 13.2 Å². The maximum Gasteiger partial charge on any atom is 0.242 e. The van der Waals surface area contributed by atoms with Crippen LogP contribution in [0.5, 0.6) is 0 Å². The zero-order chi connectivity index (χ0) is 15.2. The Morgan fingerprint density at radius 1 is 1.05 bits per heavy atom. The van der Waals surface area contributed by atoms with Gasteiger partial charge in [0.15, 0.2) is 0 Å². The first-order chi connectivity index (χ1) is 10.1. The number of hydrogen-bond acceptors (Lipinski definition) is 0. The first-order valence-electron chi connectivity index (χ1n) is 6.83. The second kappa shape index (κ2) is 7.11. The van der Waals surface area contributed by atoms with Crippen molar-refractivity contribution >= 4 is 6.08 Å². The van der Waals surface area contributed by atoms with Crippen LogP contribution in [0.15, 0.2) is 61.2 Å². The van der Waals surface area contributed by atoms with E-state index in [4.69, 9.17) is 0 Å². The topological polar surface area (TPSA) is 0 Å². The molecule has 0 aliphatic heterocycles. The Morgan fingerprint density at radius 2 is 1.76 bits per heavy atom. The van der Waals surface area contributed by atoms with Crippen LogP contribution in [-0.4, -0.2) is 6.43 Å². The van der Waals surface area contributed by atoms with Crippen LogP contribution in [-0.2, 0) is 0 Å². The quantitative estimate of drug-likeness (QED) is 0.697. The summed E-state index contributed by atoms with van der Waals surface area (Å²) in [4.78, 5) is 0. The van der Waals surface area contributed by atoms with Crippen molar-refractivity contribution in [3.05, 3.63) is 78.1 Å². The van der Waals surface area contributed by atoms with E-state index < -0.39 is 12.3 Å². The molecule has 2 unspecified atom stereocenters. The minimum atomic E-state index is -2.27. The van der Waals surface area contributed by atoms with E-state index in [9.17, 15) is 13.2 Å². The molecule has 0 nitrogen and oxygen atoms in total. The maximum atomic E-state index is 12.7. The summed E-state index contributed by atoms with van der Waals surface area (Å²) < 4.78 is 37.0. The standard InChI is InChI=1S/C10H9F3.C8H8/c11-7-3-1-2-6(4-7)8-5-9(8)10(12)13;1-2-8-6-4-3-5-7-8/h1-4,8-10H,5H2;2-7H,1H2. The fourth-order valence-electron chi connectivity index (χ4n) is 2.20. The van der Waals surface area contributed by atoms with Gasteiger partial charge in [-0.15, -0.1) is 0 Å². The summed E-state index contributed by atoms with van der Waals surface area (Å²) in [5, 5.41) is 0. The number of rotatable bonds is 3. The molecule has 21 heavy (non-hydrogen) atoms. The molecule has 2 atom stereocenters. The van der Waals surface area contributed by atoms with Gasteiger partial charge in [0.1, 0.15) is 5.82 Å². The smallest absolute Gasteiger partial charge is 0.210 e. The largest absolute Gasteiger partial charge is 0.242 e. The summed E-state index contributed by atoms with van der Waals surface area (Å²) in [6.07, 6.45) is 0.0504. The van der Waals surface area contributed by atoms with Crippen molar-refractivity contribution in [3.63, 3.8) is 0 Å². The first kappa shape index (κ1) is 15.4. The molecule has 1 fully saturated rings. The molecule has 110 valence electrons. The number of hydrogen-bond donors (Lipinski definition) is 0. The number of alkyl halides is 2. The Hall–Kier alpha value is -2.03. The zero-order valence-corrected chi connectivity index (χ0v) is 11.6. The molecule has 0 N–H and O–H groups in total. The summed E-state index contributed by atoms with van der Waals surface area (Å²) in [6, 6.07) is 16.0. The van der Waals surface area contributed by atoms with Gasteiger partial charge in [0.25, 0.3) is 0 Å². The van der Waals surface area contributed by atoms with Crippen molar-refractivity contribution in [2.24, 2.45) is 5.92 Å². The highest BCUT2D eigenvalue weighted by Gasteiger charge is 2.44. The van der Waals surface area contributed by atoms with Gasteiger partial charge in [0.05, 0.1) is 0 Å². The van der Waals surface area contributed by atoms with E-state index in [1.807, 2.05) is 36.4 Å². The van der Waals surface area contributed by atoms with Crippen LogP contribution in [0.2, 0.25) is 0 Å². The highest BCUT2D eigenvalue weighted by molar-refractivity contribution is 5.45. The Morgan fingerprint density at radius 3 is 2.24 bits per heavy atom. The predicted octanol–water partition coefficient (Wildman–Crippen LogP) is 5.52. The second-order valence-corrected chi connectivity index (χ2v) is 5.01. The Balaban J connectivity index is 0.000000173. The Kier molecular flexibility index (Phi) is 5.20. The minimum absolute atomic E-state index is 0.129. The van der Waals surface area contributed by atoms with Crippen LogP contribution in [0.3, 0.4) is 0 Å². The molecule has 1 aliphatic rings. The third-order valence-electron chi connectivity index (χ3n) is 3.48. The van der Waals surface area contributed by atoms with E-state index in [1.165, 1.54) is 17.7 Å². The lowest BCUT2D eigenvalue weighted by molar-refractivity contribution is 0.120. The van der Waals surface area contributed by atoms with E-state index in [1.54, 1.807) is 12.1 Å². The van der Waals surface area contributed by atoms with Gasteiger partial charge in [-0.2, -0.15) is 0 Å². The molecule has 3 heteroatoms. The summed E-state index contributed by atoms with van der Waals surface area (Å²) in [5.41, 5.74) is 1.87. The van der Waals surface area contributed by atoms with Crippen molar-refractivity contribution in [1.82, 2.24) is 0 Å². The molecule has 0 heterocycles. The van der Waals surface area contributed by atoms with Crippen LogP contribution in [0.1, 0.15) is 23.5 Å². The summed E-state index contributed by atoms with van der Waals surface area (Å²) in [5.74, 6) is -1.03. The predicted molar refractivity (Wildman–Crippen MR) is 79.8 cm³/mol. The Bertz CT molecular complexity index is 578. The van der Waals surface area contributed by atoms with E-state index in [0.717, 1.165) is 0 Å². The number of halogens is 3. The normalized spacial score (nSPS) is 19.6. The van der Waals surface area contributed by atoms with E-state index in [2.05, 4.69) is 6.58 Å². The van der Waals surface area contributed by atoms with Crippen LogP contribution in [0.25, 0.3) is 6.08 Å². The Labute approximate surface area is 122 Å². The SMILES string of the molecule is C=Cc1ccccc1.Fc1cccc(C2CC2C(F)F)c1. The molecule has 0 bridgehead atoms. The first-order valence-corrected chi connectivity index (χ1v) is 6.83. The minimum Gasteiger partial charge on any atom is -0.210 e. The average molecular weight is 290 g/mol. The van der Waals surface area contributed by atoms with Crippen molar-refractivity contribution in [1.29, 1.82) is 0 Å². The van der Waals surface area contributed by atoms with Crippen molar-refractivity contribution in [2.45, 2.75) is 18.8 Å². The van der Waals surface area contributed by atoms with Gasteiger partial charge in [0.2, 0.25) is 6.43 Å². The lowest BCUT2D eigenvalue weighted by Crippen LogP contribution is -1.95. The molecule has 0 aromatic heterocycles. The lowest BCUT2D eigenvalue weighted by atomic mass is 10.1. The second-order valence-electron chi connectivity index (χ2n) is 5.01. The van der Waals surface area contributed by atoms with E-state index in [-0.39, 0.29) is 11.7 Å². The molecule has 0 spiro atoms. The maximum absolute atomic E-state index is 12.7. The highest BCUT2D eigenvalue weighted by atomic mass is 19.3. The molecule has 3 rings (SSSR count). The highest BCUT2D eigenvalue weighted by Crippen LogP contribution is 2.50. The van der Waals surface area contributed by atoms with E-state index >= 15 is 0 Å². The molecule has 2 aromatic rings. The van der Waals surface area contributed by atoms with E-state index in [0.29, 0.717) is 12.0 Å². The van der Waals surface area contributed by atoms with Crippen LogP contribution in [0, 0.1) is 11.7 Å². The molecule has 1 aliphatic carbocycles. The lowest BCUT2D eigenvalue weighted by Gasteiger charge is -1.99. The molecular weight excluding hydrogens is 273 g/mol. The third-order valence-corrected chi connectivity index (χ3v) is 3.48. The zero-order valence-electron chi connectivity index (χ0n) is 11.6. The molecule has 0 amide bonds. The molecular formula is C18H17F3. The van der Waals surface area contributed by atoms with Gasteiger partial charge in [-0.1, -0.05) is 55.1 Å². The van der Waals surface area contributed by atoms with Crippen molar-refractivity contribution in [2.75, 3.05) is 0 Å².